The normalized spacial score (nSPS) is 15.6. The van der Waals surface area contributed by atoms with Gasteiger partial charge < -0.3 is 16.8 Å². The molecular formula is C28H31N5O2. The van der Waals surface area contributed by atoms with Crippen molar-refractivity contribution in [1.82, 2.24) is 10.2 Å². The molecule has 1 heterocycles. The zero-order valence-electron chi connectivity index (χ0n) is 19.6. The van der Waals surface area contributed by atoms with Gasteiger partial charge in [0.1, 0.15) is 0 Å². The number of primary amides is 1. The molecule has 0 spiro atoms. The Balaban J connectivity index is 1.39. The lowest BCUT2D eigenvalue weighted by Crippen LogP contribution is -2.45. The summed E-state index contributed by atoms with van der Waals surface area (Å²) < 4.78 is 0. The Morgan fingerprint density at radius 2 is 1.43 bits per heavy atom. The Morgan fingerprint density at radius 3 is 1.97 bits per heavy atom. The number of hydrogen-bond donors (Lipinski definition) is 3. The largest absolute Gasteiger partial charge is 0.369 e. The molecule has 0 aliphatic carbocycles. The van der Waals surface area contributed by atoms with Crippen molar-refractivity contribution in [3.63, 3.8) is 0 Å². The van der Waals surface area contributed by atoms with E-state index < -0.39 is 11.6 Å². The molecule has 1 aliphatic rings. The second-order valence-corrected chi connectivity index (χ2v) is 8.68. The molecule has 1 aliphatic heterocycles. The van der Waals surface area contributed by atoms with Gasteiger partial charge in [0, 0.05) is 6.54 Å². The van der Waals surface area contributed by atoms with Gasteiger partial charge in [-0.1, -0.05) is 91.0 Å². The number of carbonyl (C=O) groups is 2. The zero-order chi connectivity index (χ0) is 24.7. The summed E-state index contributed by atoms with van der Waals surface area (Å²) in [6.45, 7) is 1.04. The third-order valence-electron chi connectivity index (χ3n) is 6.32. The molecule has 2 amide bonds. The van der Waals surface area contributed by atoms with Crippen LogP contribution in [0, 0.1) is 0 Å². The predicted molar refractivity (Wildman–Crippen MR) is 137 cm³/mol. The first-order valence-corrected chi connectivity index (χ1v) is 11.9. The Kier molecular flexibility index (Phi) is 7.57. The number of amides is 2. The van der Waals surface area contributed by atoms with E-state index in [1.54, 1.807) is 4.90 Å². The highest BCUT2D eigenvalue weighted by atomic mass is 16.2. The first kappa shape index (κ1) is 24.2. The molecule has 1 atom stereocenters. The molecule has 0 unspecified atom stereocenters. The van der Waals surface area contributed by atoms with Gasteiger partial charge in [-0.25, -0.2) is 4.99 Å². The highest BCUT2D eigenvalue weighted by molar-refractivity contribution is 6.09. The van der Waals surface area contributed by atoms with E-state index >= 15 is 0 Å². The summed E-state index contributed by atoms with van der Waals surface area (Å²) in [5.41, 5.74) is 13.3. The molecule has 3 aromatic rings. The molecule has 3 aromatic carbocycles. The lowest BCUT2D eigenvalue weighted by molar-refractivity contribution is -0.130. The van der Waals surface area contributed by atoms with E-state index in [4.69, 9.17) is 16.5 Å². The van der Waals surface area contributed by atoms with Gasteiger partial charge in [-0.3, -0.25) is 14.5 Å². The van der Waals surface area contributed by atoms with E-state index in [0.29, 0.717) is 25.9 Å². The zero-order valence-corrected chi connectivity index (χ0v) is 19.6. The van der Waals surface area contributed by atoms with E-state index in [2.05, 4.69) is 5.32 Å². The number of nitrogens with two attached hydrogens (primary N) is 2. The summed E-state index contributed by atoms with van der Waals surface area (Å²) in [6, 6.07) is 28.4. The Hall–Kier alpha value is -3.97. The van der Waals surface area contributed by atoms with Crippen LogP contribution < -0.4 is 16.8 Å². The number of carbonyl (C=O) groups excluding carboxylic acids is 2. The SMILES string of the molecule is NC(=O)[C@H](Cc1ccccc1)NCCCCN1C(=O)C(c2ccccc2)(c2ccccc2)N=C1N. The monoisotopic (exact) mass is 469 g/mol. The topological polar surface area (TPSA) is 114 Å². The number of rotatable bonds is 11. The van der Waals surface area contributed by atoms with Crippen LogP contribution in [0.2, 0.25) is 0 Å². The minimum atomic E-state index is -1.18. The van der Waals surface area contributed by atoms with Crippen molar-refractivity contribution in [3.8, 4) is 0 Å². The maximum absolute atomic E-state index is 13.8. The van der Waals surface area contributed by atoms with Crippen LogP contribution in [0.4, 0.5) is 0 Å². The van der Waals surface area contributed by atoms with Gasteiger partial charge in [0.25, 0.3) is 5.91 Å². The van der Waals surface area contributed by atoms with E-state index in [1.807, 2.05) is 91.0 Å². The van der Waals surface area contributed by atoms with Crippen LogP contribution in [0.3, 0.4) is 0 Å². The second-order valence-electron chi connectivity index (χ2n) is 8.68. The van der Waals surface area contributed by atoms with Gasteiger partial charge in [0.05, 0.1) is 6.04 Å². The van der Waals surface area contributed by atoms with Crippen LogP contribution in [0.5, 0.6) is 0 Å². The highest BCUT2D eigenvalue weighted by Gasteiger charge is 2.50. The minimum absolute atomic E-state index is 0.153. The molecule has 180 valence electrons. The molecule has 7 heteroatoms. The average Bonchev–Trinajstić information content (AvgIpc) is 3.15. The van der Waals surface area contributed by atoms with E-state index in [-0.39, 0.29) is 17.8 Å². The van der Waals surface area contributed by atoms with Crippen molar-refractivity contribution in [2.24, 2.45) is 16.5 Å². The Bertz CT molecular complexity index is 1130. The van der Waals surface area contributed by atoms with Crippen LogP contribution >= 0.6 is 0 Å². The number of aliphatic imine (C=N–C) groups is 1. The van der Waals surface area contributed by atoms with Gasteiger partial charge >= 0.3 is 0 Å². The second kappa shape index (κ2) is 11.0. The molecule has 0 saturated carbocycles. The van der Waals surface area contributed by atoms with E-state index in [9.17, 15) is 9.59 Å². The van der Waals surface area contributed by atoms with Gasteiger partial charge in [0.2, 0.25) is 5.91 Å². The maximum atomic E-state index is 13.8. The maximum Gasteiger partial charge on any atom is 0.266 e. The van der Waals surface area contributed by atoms with Crippen LogP contribution in [-0.4, -0.2) is 41.8 Å². The fourth-order valence-electron chi connectivity index (χ4n) is 4.49. The molecule has 35 heavy (non-hydrogen) atoms. The standard InChI is InChI=1S/C28H31N5O2/c29-25(34)24(20-21-12-4-1-5-13-21)31-18-10-11-19-33-26(35)28(32-27(33)30,22-14-6-2-7-15-22)23-16-8-3-9-17-23/h1-9,12-17,24,31H,10-11,18-20H2,(H2,29,34)(H2,30,32)/t24-/m0/s1. The summed E-state index contributed by atoms with van der Waals surface area (Å²) in [5.74, 6) is -0.315. The number of unbranched alkanes of at least 4 members (excludes halogenated alkanes) is 1. The van der Waals surface area contributed by atoms with Crippen LogP contribution in [0.25, 0.3) is 0 Å². The van der Waals surface area contributed by atoms with Gasteiger partial charge in [0.15, 0.2) is 11.5 Å². The van der Waals surface area contributed by atoms with Crippen molar-refractivity contribution in [2.75, 3.05) is 13.1 Å². The van der Waals surface area contributed by atoms with Crippen LogP contribution in [-0.2, 0) is 21.5 Å². The first-order valence-electron chi connectivity index (χ1n) is 11.9. The fourth-order valence-corrected chi connectivity index (χ4v) is 4.49. The fraction of sp³-hybridized carbons (Fsp3) is 0.250. The quantitative estimate of drug-likeness (QED) is 0.375. The Labute approximate surface area is 205 Å². The van der Waals surface area contributed by atoms with Crippen molar-refractivity contribution in [3.05, 3.63) is 108 Å². The molecule has 0 saturated heterocycles. The predicted octanol–water partition coefficient (Wildman–Crippen LogP) is 2.55. The van der Waals surface area contributed by atoms with Crippen LogP contribution in [0.1, 0.15) is 29.5 Å². The third kappa shape index (κ3) is 5.25. The van der Waals surface area contributed by atoms with Gasteiger partial charge in [-0.15, -0.1) is 0 Å². The van der Waals surface area contributed by atoms with Gasteiger partial charge in [-0.2, -0.15) is 0 Å². The molecule has 0 fully saturated rings. The summed E-state index contributed by atoms with van der Waals surface area (Å²) in [5, 5.41) is 3.24. The molecule has 0 aromatic heterocycles. The summed E-state index contributed by atoms with van der Waals surface area (Å²) >= 11 is 0. The average molecular weight is 470 g/mol. The van der Waals surface area contributed by atoms with E-state index in [0.717, 1.165) is 23.1 Å². The summed E-state index contributed by atoms with van der Waals surface area (Å²) in [7, 11) is 0. The smallest absolute Gasteiger partial charge is 0.266 e. The Morgan fingerprint density at radius 1 is 0.886 bits per heavy atom. The molecule has 5 N–H and O–H groups in total. The first-order chi connectivity index (χ1) is 17.0. The molecule has 7 nitrogen and oxygen atoms in total. The molecule has 0 bridgehead atoms. The number of hydrogen-bond acceptors (Lipinski definition) is 5. The number of benzene rings is 3. The molecular weight excluding hydrogens is 438 g/mol. The summed E-state index contributed by atoms with van der Waals surface area (Å²) in [6.07, 6.45) is 1.99. The van der Waals surface area contributed by atoms with Crippen molar-refractivity contribution in [1.29, 1.82) is 0 Å². The summed E-state index contributed by atoms with van der Waals surface area (Å²) in [4.78, 5) is 31.9. The van der Waals surface area contributed by atoms with Crippen molar-refractivity contribution < 1.29 is 9.59 Å². The molecule has 4 rings (SSSR count). The number of nitrogens with one attached hydrogen (secondary N) is 1. The van der Waals surface area contributed by atoms with Crippen molar-refractivity contribution in [2.45, 2.75) is 30.8 Å². The van der Waals surface area contributed by atoms with Crippen molar-refractivity contribution >= 4 is 17.8 Å². The minimum Gasteiger partial charge on any atom is -0.369 e. The lowest BCUT2D eigenvalue weighted by Gasteiger charge is -2.27. The highest BCUT2D eigenvalue weighted by Crippen LogP contribution is 2.39. The molecule has 0 radical (unpaired) electrons. The van der Waals surface area contributed by atoms with E-state index in [1.165, 1.54) is 0 Å². The van der Waals surface area contributed by atoms with Gasteiger partial charge in [-0.05, 0) is 42.5 Å². The number of guanidine groups is 1. The number of nitrogens with zero attached hydrogens (tertiary/aromatic N) is 2. The third-order valence-corrected chi connectivity index (χ3v) is 6.32. The van der Waals surface area contributed by atoms with Crippen LogP contribution in [0.15, 0.2) is 96.0 Å². The lowest BCUT2D eigenvalue weighted by atomic mass is 9.83.